The largest absolute Gasteiger partial charge is 0.462 e. The summed E-state index contributed by atoms with van der Waals surface area (Å²) in [5.74, 6) is -0.952. The number of thioether (sulfide) groups is 1. The maximum Gasteiger partial charge on any atom is 0.411 e. The Morgan fingerprint density at radius 3 is 2.75 bits per heavy atom. The van der Waals surface area contributed by atoms with Crippen LogP contribution in [-0.4, -0.2) is 37.3 Å². The number of carbonyl (C=O) groups is 3. The number of methoxy groups -OCH3 is 1. The molecular weight excluding hydrogens is 234 g/mol. The number of hydrogen-bond donors (Lipinski definition) is 1. The maximum absolute atomic E-state index is 11.4. The van der Waals surface area contributed by atoms with Crippen molar-refractivity contribution in [3.05, 3.63) is 10.6 Å². The van der Waals surface area contributed by atoms with Gasteiger partial charge >= 0.3 is 12.1 Å². The van der Waals surface area contributed by atoms with Gasteiger partial charge in [0.15, 0.2) is 5.78 Å². The first-order valence-electron chi connectivity index (χ1n) is 4.52. The third-order valence-corrected chi connectivity index (χ3v) is 2.74. The van der Waals surface area contributed by atoms with Gasteiger partial charge in [0.05, 0.1) is 24.5 Å². The molecule has 0 unspecified atom stereocenters. The Morgan fingerprint density at radius 2 is 2.19 bits per heavy atom. The maximum atomic E-state index is 11.4. The van der Waals surface area contributed by atoms with E-state index in [1.807, 2.05) is 0 Å². The zero-order valence-corrected chi connectivity index (χ0v) is 9.68. The average molecular weight is 245 g/mol. The van der Waals surface area contributed by atoms with E-state index >= 15 is 0 Å². The summed E-state index contributed by atoms with van der Waals surface area (Å²) in [4.78, 5) is 33.8. The number of alkyl carbamates (subject to hydrolysis) is 1. The summed E-state index contributed by atoms with van der Waals surface area (Å²) in [6.07, 6.45) is -0.723. The summed E-state index contributed by atoms with van der Waals surface area (Å²) < 4.78 is 9.09. The Kier molecular flexibility index (Phi) is 4.36. The summed E-state index contributed by atoms with van der Waals surface area (Å²) >= 11 is 1.07. The number of rotatable bonds is 3. The zero-order chi connectivity index (χ0) is 12.1. The lowest BCUT2D eigenvalue weighted by Gasteiger charge is -2.05. The Morgan fingerprint density at radius 1 is 1.50 bits per heavy atom. The van der Waals surface area contributed by atoms with E-state index in [1.54, 1.807) is 6.92 Å². The van der Waals surface area contributed by atoms with Crippen molar-refractivity contribution in [1.29, 1.82) is 0 Å². The van der Waals surface area contributed by atoms with E-state index in [2.05, 4.69) is 10.1 Å². The topological polar surface area (TPSA) is 81.7 Å². The van der Waals surface area contributed by atoms with Gasteiger partial charge in [0.1, 0.15) is 5.57 Å². The van der Waals surface area contributed by atoms with E-state index in [1.165, 1.54) is 7.11 Å². The molecule has 0 aromatic heterocycles. The lowest BCUT2D eigenvalue weighted by molar-refractivity contribution is -0.139. The fourth-order valence-corrected chi connectivity index (χ4v) is 1.98. The molecule has 0 atom stereocenters. The van der Waals surface area contributed by atoms with Crippen molar-refractivity contribution >= 4 is 29.6 Å². The molecule has 1 N–H and O–H groups in total. The van der Waals surface area contributed by atoms with Crippen LogP contribution in [0.5, 0.6) is 0 Å². The second-order valence-electron chi connectivity index (χ2n) is 2.75. The fourth-order valence-electron chi connectivity index (χ4n) is 1.06. The van der Waals surface area contributed by atoms with Gasteiger partial charge in [-0.1, -0.05) is 11.8 Å². The van der Waals surface area contributed by atoms with Gasteiger partial charge in [-0.25, -0.2) is 9.59 Å². The van der Waals surface area contributed by atoms with E-state index < -0.39 is 12.1 Å². The summed E-state index contributed by atoms with van der Waals surface area (Å²) in [5.41, 5.74) is -0.114. The smallest absolute Gasteiger partial charge is 0.411 e. The molecule has 0 aromatic carbocycles. The van der Waals surface area contributed by atoms with Gasteiger partial charge in [0.2, 0.25) is 0 Å². The number of Topliss-reactive ketones (excluding diaryl/α,β-unsaturated/α-hetero) is 1. The van der Waals surface area contributed by atoms with E-state index in [-0.39, 0.29) is 28.7 Å². The number of nitrogens with one attached hydrogen (secondary N) is 1. The van der Waals surface area contributed by atoms with E-state index in [0.29, 0.717) is 0 Å². The second kappa shape index (κ2) is 5.55. The van der Waals surface area contributed by atoms with Crippen LogP contribution in [0.4, 0.5) is 4.79 Å². The van der Waals surface area contributed by atoms with Gasteiger partial charge in [-0.05, 0) is 6.92 Å². The van der Waals surface area contributed by atoms with Crippen LogP contribution in [0.15, 0.2) is 10.6 Å². The SMILES string of the molecule is CCOC(=O)C1=C(NC(=O)OC)SCC1=O. The van der Waals surface area contributed by atoms with E-state index in [4.69, 9.17) is 4.74 Å². The van der Waals surface area contributed by atoms with E-state index in [0.717, 1.165) is 11.8 Å². The Hall–Kier alpha value is -1.50. The molecule has 0 bridgehead atoms. The molecule has 16 heavy (non-hydrogen) atoms. The van der Waals surface area contributed by atoms with Crippen molar-refractivity contribution in [2.75, 3.05) is 19.5 Å². The quantitative estimate of drug-likeness (QED) is 0.573. The van der Waals surface area contributed by atoms with Crippen LogP contribution in [-0.2, 0) is 19.1 Å². The van der Waals surface area contributed by atoms with Crippen LogP contribution in [0.25, 0.3) is 0 Å². The summed E-state index contributed by atoms with van der Waals surface area (Å²) in [5, 5.41) is 2.50. The van der Waals surface area contributed by atoms with Crippen LogP contribution < -0.4 is 5.32 Å². The van der Waals surface area contributed by atoms with Crippen molar-refractivity contribution in [2.45, 2.75) is 6.92 Å². The van der Waals surface area contributed by atoms with Crippen LogP contribution in [0, 0.1) is 0 Å². The predicted molar refractivity (Wildman–Crippen MR) is 56.7 cm³/mol. The molecule has 0 aromatic rings. The minimum Gasteiger partial charge on any atom is -0.462 e. The Labute approximate surface area is 96.3 Å². The van der Waals surface area contributed by atoms with Gasteiger partial charge < -0.3 is 9.47 Å². The molecule has 0 saturated carbocycles. The molecule has 1 aliphatic rings. The number of hydrogen-bond acceptors (Lipinski definition) is 6. The molecule has 7 heteroatoms. The second-order valence-corrected chi connectivity index (χ2v) is 3.74. The van der Waals surface area contributed by atoms with Crippen LogP contribution >= 0.6 is 11.8 Å². The lowest BCUT2D eigenvalue weighted by Crippen LogP contribution is -2.24. The minimum atomic E-state index is -0.723. The van der Waals surface area contributed by atoms with E-state index in [9.17, 15) is 14.4 Å². The van der Waals surface area contributed by atoms with Gasteiger partial charge in [-0.2, -0.15) is 0 Å². The normalized spacial score (nSPS) is 15.0. The number of amides is 1. The number of ether oxygens (including phenoxy) is 2. The highest BCUT2D eigenvalue weighted by Gasteiger charge is 2.31. The molecule has 1 aliphatic heterocycles. The first-order valence-corrected chi connectivity index (χ1v) is 5.51. The molecular formula is C9H11NO5S. The molecule has 6 nitrogen and oxygen atoms in total. The van der Waals surface area contributed by atoms with Crippen molar-refractivity contribution in [1.82, 2.24) is 5.32 Å². The minimum absolute atomic E-state index is 0.114. The predicted octanol–water partition coefficient (Wildman–Crippen LogP) is 0.433. The molecule has 0 aliphatic carbocycles. The molecule has 0 fully saturated rings. The number of ketones is 1. The Bertz CT molecular complexity index is 363. The summed E-state index contributed by atoms with van der Waals surface area (Å²) in [6, 6.07) is 0. The standard InChI is InChI=1S/C9H11NO5S/c1-3-15-8(12)6-5(11)4-16-7(6)10-9(13)14-2/h3-4H2,1-2H3,(H,10,13). The van der Waals surface area contributed by atoms with Crippen LogP contribution in [0.1, 0.15) is 6.92 Å². The molecule has 0 saturated heterocycles. The first-order chi connectivity index (χ1) is 7.60. The third-order valence-electron chi connectivity index (χ3n) is 1.73. The number of esters is 1. The fraction of sp³-hybridized carbons (Fsp3) is 0.444. The third kappa shape index (κ3) is 2.75. The molecule has 88 valence electrons. The highest BCUT2D eigenvalue weighted by molar-refractivity contribution is 8.04. The van der Waals surface area contributed by atoms with Gasteiger partial charge in [0.25, 0.3) is 0 Å². The summed E-state index contributed by atoms with van der Waals surface area (Å²) in [6.45, 7) is 1.81. The first kappa shape index (κ1) is 12.6. The van der Waals surface area contributed by atoms with Gasteiger partial charge in [0, 0.05) is 0 Å². The molecule has 1 rings (SSSR count). The zero-order valence-electron chi connectivity index (χ0n) is 8.86. The van der Waals surface area contributed by atoms with Crippen molar-refractivity contribution in [3.8, 4) is 0 Å². The van der Waals surface area contributed by atoms with Crippen LogP contribution in [0.2, 0.25) is 0 Å². The molecule has 0 spiro atoms. The molecule has 1 amide bonds. The Balaban J connectivity index is 2.87. The highest BCUT2D eigenvalue weighted by atomic mass is 32.2. The molecule has 0 radical (unpaired) electrons. The van der Waals surface area contributed by atoms with Crippen molar-refractivity contribution < 1.29 is 23.9 Å². The van der Waals surface area contributed by atoms with Gasteiger partial charge in [-0.3, -0.25) is 10.1 Å². The van der Waals surface area contributed by atoms with Crippen molar-refractivity contribution in [2.24, 2.45) is 0 Å². The summed E-state index contributed by atoms with van der Waals surface area (Å²) in [7, 11) is 1.20. The number of carbonyl (C=O) groups excluding carboxylic acids is 3. The lowest BCUT2D eigenvalue weighted by atomic mass is 10.2. The van der Waals surface area contributed by atoms with Crippen molar-refractivity contribution in [3.63, 3.8) is 0 Å². The highest BCUT2D eigenvalue weighted by Crippen LogP contribution is 2.27. The van der Waals surface area contributed by atoms with Crippen LogP contribution in [0.3, 0.4) is 0 Å². The monoisotopic (exact) mass is 245 g/mol. The average Bonchev–Trinajstić information content (AvgIpc) is 2.60. The molecule has 1 heterocycles. The van der Waals surface area contributed by atoms with Gasteiger partial charge in [-0.15, -0.1) is 0 Å².